The predicted octanol–water partition coefficient (Wildman–Crippen LogP) is 9.69. The zero-order valence-corrected chi connectivity index (χ0v) is 23.5. The molecular formula is C30H17Cl4N5O. The van der Waals surface area contributed by atoms with Crippen molar-refractivity contribution < 1.29 is 4.74 Å². The van der Waals surface area contributed by atoms with E-state index in [0.29, 0.717) is 54.4 Å². The summed E-state index contributed by atoms with van der Waals surface area (Å²) < 4.78 is 6.25. The Labute approximate surface area is 249 Å². The van der Waals surface area contributed by atoms with Crippen LogP contribution in [0.3, 0.4) is 0 Å². The lowest BCUT2D eigenvalue weighted by molar-refractivity contribution is 0.563. The molecule has 10 heteroatoms. The molecule has 0 saturated carbocycles. The Hall–Kier alpha value is -3.94. The summed E-state index contributed by atoms with van der Waals surface area (Å²) in [6.07, 6.45) is 0. The fraction of sp³-hybridized carbons (Fsp3) is 0. The van der Waals surface area contributed by atoms with E-state index in [0.717, 1.165) is 11.3 Å². The molecule has 6 rings (SSSR count). The maximum Gasteiger partial charge on any atom is 0.248 e. The number of hydrogen-bond donors (Lipinski definition) is 1. The Kier molecular flexibility index (Phi) is 7.41. The Morgan fingerprint density at radius 3 is 1.77 bits per heavy atom. The molecular weight excluding hydrogens is 588 g/mol. The number of aliphatic imine (C=N–C) groups is 2. The summed E-state index contributed by atoms with van der Waals surface area (Å²) in [4.78, 5) is 19.2. The van der Waals surface area contributed by atoms with Gasteiger partial charge in [0.15, 0.2) is 5.82 Å². The molecule has 0 saturated heterocycles. The Balaban J connectivity index is 1.58. The molecule has 0 unspecified atom stereocenters. The third kappa shape index (κ3) is 5.53. The molecule has 40 heavy (non-hydrogen) atoms. The van der Waals surface area contributed by atoms with Gasteiger partial charge in [0, 0.05) is 11.3 Å². The van der Waals surface area contributed by atoms with Gasteiger partial charge >= 0.3 is 0 Å². The van der Waals surface area contributed by atoms with E-state index in [-0.39, 0.29) is 11.8 Å². The van der Waals surface area contributed by atoms with E-state index in [1.807, 2.05) is 60.7 Å². The van der Waals surface area contributed by atoms with Crippen molar-refractivity contribution in [3.05, 3.63) is 128 Å². The molecule has 196 valence electrons. The van der Waals surface area contributed by atoms with Gasteiger partial charge in [0.2, 0.25) is 11.8 Å². The largest absolute Gasteiger partial charge is 0.417 e. The number of aromatic nitrogens is 2. The van der Waals surface area contributed by atoms with Crippen molar-refractivity contribution in [1.82, 2.24) is 9.97 Å². The minimum atomic E-state index is 0.225. The van der Waals surface area contributed by atoms with Gasteiger partial charge in [0.05, 0.1) is 31.5 Å². The zero-order valence-electron chi connectivity index (χ0n) is 20.4. The number of nitrogens with one attached hydrogen (secondary N) is 1. The highest BCUT2D eigenvalue weighted by Crippen LogP contribution is 2.35. The van der Waals surface area contributed by atoms with Crippen LogP contribution in [-0.2, 0) is 4.74 Å². The van der Waals surface area contributed by atoms with E-state index in [2.05, 4.69) is 5.32 Å². The molecule has 1 aliphatic heterocycles. The van der Waals surface area contributed by atoms with Crippen molar-refractivity contribution in [2.45, 2.75) is 0 Å². The van der Waals surface area contributed by atoms with Gasteiger partial charge in [-0.05, 0) is 48.5 Å². The van der Waals surface area contributed by atoms with Crippen molar-refractivity contribution in [3.63, 3.8) is 0 Å². The summed E-state index contributed by atoms with van der Waals surface area (Å²) >= 11 is 24.8. The summed E-state index contributed by atoms with van der Waals surface area (Å²) in [5.41, 5.74) is 3.70. The molecule has 6 nitrogen and oxygen atoms in total. The first-order chi connectivity index (χ1) is 19.4. The molecule has 0 fully saturated rings. The lowest BCUT2D eigenvalue weighted by atomic mass is 10.1. The third-order valence-corrected chi connectivity index (χ3v) is 7.33. The number of rotatable bonds is 5. The monoisotopic (exact) mass is 603 g/mol. The van der Waals surface area contributed by atoms with Gasteiger partial charge in [-0.3, -0.25) is 0 Å². The highest BCUT2D eigenvalue weighted by atomic mass is 35.5. The van der Waals surface area contributed by atoms with Crippen molar-refractivity contribution >= 4 is 81.1 Å². The number of fused-ring (bicyclic) bond motifs is 1. The van der Waals surface area contributed by atoms with Crippen molar-refractivity contribution in [3.8, 4) is 11.4 Å². The van der Waals surface area contributed by atoms with E-state index >= 15 is 0 Å². The maximum atomic E-state index is 6.26. The Bertz CT molecular complexity index is 1790. The summed E-state index contributed by atoms with van der Waals surface area (Å²) in [5.74, 6) is 1.44. The average Bonchev–Trinajstić information content (AvgIpc) is 3.30. The van der Waals surface area contributed by atoms with E-state index in [1.54, 1.807) is 36.4 Å². The molecule has 5 aromatic rings. The van der Waals surface area contributed by atoms with Gasteiger partial charge in [-0.2, -0.15) is 0 Å². The first kappa shape index (κ1) is 26.3. The van der Waals surface area contributed by atoms with Crippen molar-refractivity contribution in [1.29, 1.82) is 0 Å². The summed E-state index contributed by atoms with van der Waals surface area (Å²) in [6.45, 7) is 0. The summed E-state index contributed by atoms with van der Waals surface area (Å²) in [7, 11) is 0. The van der Waals surface area contributed by atoms with Crippen LogP contribution in [0.15, 0.2) is 107 Å². The number of ether oxygens (including phenoxy) is 1. The van der Waals surface area contributed by atoms with Crippen LogP contribution >= 0.6 is 46.4 Å². The van der Waals surface area contributed by atoms with Crippen molar-refractivity contribution in [2.24, 2.45) is 9.98 Å². The van der Waals surface area contributed by atoms with Crippen molar-refractivity contribution in [2.75, 3.05) is 5.32 Å². The van der Waals surface area contributed by atoms with E-state index in [1.165, 1.54) is 0 Å². The van der Waals surface area contributed by atoms with Crippen LogP contribution in [0.2, 0.25) is 20.1 Å². The SMILES string of the molecule is Clc1ccc(N=C2OC(=Nc3ccc(Cl)c(Cl)c3)c3c(Nc4ccccc4)nc(-c4ccccc4)nc32)cc1Cl. The van der Waals surface area contributed by atoms with E-state index in [4.69, 9.17) is 71.1 Å². The predicted molar refractivity (Wildman–Crippen MR) is 164 cm³/mol. The molecule has 1 N–H and O–H groups in total. The fourth-order valence-electron chi connectivity index (χ4n) is 3.97. The van der Waals surface area contributed by atoms with Crippen LogP contribution in [0.25, 0.3) is 11.4 Å². The van der Waals surface area contributed by atoms with Gasteiger partial charge in [-0.25, -0.2) is 20.0 Å². The lowest BCUT2D eigenvalue weighted by Gasteiger charge is -2.11. The normalized spacial score (nSPS) is 14.3. The Morgan fingerprint density at radius 2 is 1.18 bits per heavy atom. The van der Waals surface area contributed by atoms with E-state index < -0.39 is 0 Å². The van der Waals surface area contributed by atoms with Crippen LogP contribution in [0.1, 0.15) is 11.3 Å². The van der Waals surface area contributed by atoms with Crippen LogP contribution in [0.4, 0.5) is 22.9 Å². The second-order valence-electron chi connectivity index (χ2n) is 8.61. The molecule has 1 aliphatic rings. The standard InChI is InChI=1S/C30H17Cl4N5O/c31-21-13-11-19(15-23(21)33)36-29-25-26(30(40-29)37-20-12-14-22(32)24(34)16-20)38-27(17-7-3-1-4-8-17)39-28(25)35-18-9-5-2-6-10-18/h1-16H,(H,35,38,39). The molecule has 0 radical (unpaired) electrons. The number of anilines is 2. The van der Waals surface area contributed by atoms with Gasteiger partial charge in [0.1, 0.15) is 17.1 Å². The van der Waals surface area contributed by atoms with Gasteiger partial charge < -0.3 is 10.1 Å². The minimum absolute atomic E-state index is 0.225. The molecule has 2 heterocycles. The van der Waals surface area contributed by atoms with Crippen LogP contribution < -0.4 is 5.32 Å². The highest BCUT2D eigenvalue weighted by Gasteiger charge is 2.34. The summed E-state index contributed by atoms with van der Waals surface area (Å²) in [5, 5.41) is 4.97. The molecule has 0 spiro atoms. The molecule has 0 atom stereocenters. The van der Waals surface area contributed by atoms with E-state index in [9.17, 15) is 0 Å². The number of benzene rings is 4. The molecule has 0 amide bonds. The molecule has 4 aromatic carbocycles. The first-order valence-corrected chi connectivity index (χ1v) is 13.5. The molecule has 0 aliphatic carbocycles. The van der Waals surface area contributed by atoms with Gasteiger partial charge in [-0.15, -0.1) is 0 Å². The Morgan fingerprint density at radius 1 is 0.600 bits per heavy atom. The van der Waals surface area contributed by atoms with Crippen LogP contribution in [0, 0.1) is 0 Å². The number of hydrogen-bond acceptors (Lipinski definition) is 6. The van der Waals surface area contributed by atoms with Crippen LogP contribution in [0.5, 0.6) is 0 Å². The second kappa shape index (κ2) is 11.3. The quantitative estimate of drug-likeness (QED) is 0.217. The van der Waals surface area contributed by atoms with Crippen LogP contribution in [-0.4, -0.2) is 21.8 Å². The maximum absolute atomic E-state index is 6.26. The minimum Gasteiger partial charge on any atom is -0.417 e. The molecule has 0 bridgehead atoms. The topological polar surface area (TPSA) is 71.8 Å². The zero-order chi connectivity index (χ0) is 27.6. The second-order valence-corrected chi connectivity index (χ2v) is 10.2. The number of para-hydroxylation sites is 1. The first-order valence-electron chi connectivity index (χ1n) is 12.0. The van der Waals surface area contributed by atoms with Gasteiger partial charge in [-0.1, -0.05) is 94.9 Å². The summed E-state index contributed by atoms with van der Waals surface area (Å²) in [6, 6.07) is 29.4. The number of halogens is 4. The highest BCUT2D eigenvalue weighted by molar-refractivity contribution is 6.42. The third-order valence-electron chi connectivity index (χ3n) is 5.85. The van der Waals surface area contributed by atoms with Gasteiger partial charge in [0.25, 0.3) is 0 Å². The number of nitrogens with zero attached hydrogens (tertiary/aromatic N) is 4. The molecule has 1 aromatic heterocycles. The average molecular weight is 605 g/mol. The smallest absolute Gasteiger partial charge is 0.248 e. The lowest BCUT2D eigenvalue weighted by Crippen LogP contribution is -2.07. The fourth-order valence-corrected chi connectivity index (χ4v) is 4.56.